The van der Waals surface area contributed by atoms with Gasteiger partial charge in [-0.3, -0.25) is 4.79 Å². The van der Waals surface area contributed by atoms with E-state index in [0.717, 1.165) is 12.1 Å². The van der Waals surface area contributed by atoms with Crippen LogP contribution in [0.1, 0.15) is 15.9 Å². The van der Waals surface area contributed by atoms with Crippen LogP contribution in [0.3, 0.4) is 0 Å². The fourth-order valence-corrected chi connectivity index (χ4v) is 2.17. The Balaban J connectivity index is 2.17. The molecular weight excluding hydrogens is 320 g/mol. The fraction of sp³-hybridized carbons (Fsp3) is 0.176. The molecule has 0 saturated carbocycles. The van der Waals surface area contributed by atoms with Crippen LogP contribution in [-0.2, 0) is 11.2 Å². The molecule has 24 heavy (non-hydrogen) atoms. The number of aliphatic carboxylic acids is 1. The molecular formula is C17H15F2NO4. The number of carboxylic acid groups (broad SMARTS) is 1. The zero-order valence-electron chi connectivity index (χ0n) is 12.8. The van der Waals surface area contributed by atoms with Crippen LogP contribution in [0, 0.1) is 11.6 Å². The number of methoxy groups -OCH3 is 1. The number of amides is 1. The highest BCUT2D eigenvalue weighted by atomic mass is 19.2. The van der Waals surface area contributed by atoms with E-state index in [1.54, 1.807) is 24.3 Å². The first kappa shape index (κ1) is 17.4. The van der Waals surface area contributed by atoms with E-state index in [4.69, 9.17) is 4.74 Å². The summed E-state index contributed by atoms with van der Waals surface area (Å²) in [6.45, 7) is 0. The summed E-state index contributed by atoms with van der Waals surface area (Å²) in [5, 5.41) is 11.6. The number of benzene rings is 2. The number of hydrogen-bond acceptors (Lipinski definition) is 3. The van der Waals surface area contributed by atoms with Crippen LogP contribution in [0.2, 0.25) is 0 Å². The van der Waals surface area contributed by atoms with Crippen molar-refractivity contribution in [2.75, 3.05) is 7.11 Å². The van der Waals surface area contributed by atoms with Gasteiger partial charge in [0.2, 0.25) is 0 Å². The third-order valence-corrected chi connectivity index (χ3v) is 3.40. The van der Waals surface area contributed by atoms with Crippen LogP contribution in [0.15, 0.2) is 42.5 Å². The summed E-state index contributed by atoms with van der Waals surface area (Å²) >= 11 is 0. The molecule has 2 rings (SSSR count). The molecule has 2 aromatic carbocycles. The van der Waals surface area contributed by atoms with Gasteiger partial charge in [0.1, 0.15) is 11.8 Å². The second-order valence-electron chi connectivity index (χ2n) is 5.01. The van der Waals surface area contributed by atoms with Gasteiger partial charge in [-0.1, -0.05) is 18.2 Å². The average molecular weight is 335 g/mol. The van der Waals surface area contributed by atoms with Gasteiger partial charge in [0.15, 0.2) is 11.6 Å². The van der Waals surface area contributed by atoms with Gasteiger partial charge in [0.05, 0.1) is 7.11 Å². The van der Waals surface area contributed by atoms with Gasteiger partial charge >= 0.3 is 5.97 Å². The lowest BCUT2D eigenvalue weighted by Gasteiger charge is -2.16. The quantitative estimate of drug-likeness (QED) is 0.850. The molecule has 126 valence electrons. The normalized spacial score (nSPS) is 11.6. The van der Waals surface area contributed by atoms with E-state index in [-0.39, 0.29) is 12.0 Å². The number of carboxylic acids is 1. The highest BCUT2D eigenvalue weighted by Gasteiger charge is 2.23. The number of carbonyl (C=O) groups is 2. The Morgan fingerprint density at radius 3 is 2.50 bits per heavy atom. The Labute approximate surface area is 136 Å². The van der Waals surface area contributed by atoms with Crippen molar-refractivity contribution in [1.29, 1.82) is 0 Å². The summed E-state index contributed by atoms with van der Waals surface area (Å²) in [5.41, 5.74) is 0.429. The number of hydrogen-bond donors (Lipinski definition) is 2. The highest BCUT2D eigenvalue weighted by molar-refractivity contribution is 5.96. The summed E-state index contributed by atoms with van der Waals surface area (Å²) in [5.74, 6) is -3.84. The second-order valence-corrected chi connectivity index (χ2v) is 5.01. The summed E-state index contributed by atoms with van der Waals surface area (Å²) in [6, 6.07) is 8.15. The maximum atomic E-state index is 13.2. The molecule has 0 spiro atoms. The van der Waals surface area contributed by atoms with E-state index < -0.39 is 29.6 Å². The minimum absolute atomic E-state index is 0.0191. The maximum Gasteiger partial charge on any atom is 0.326 e. The molecule has 0 unspecified atom stereocenters. The molecule has 0 aliphatic carbocycles. The van der Waals surface area contributed by atoms with Crippen molar-refractivity contribution in [3.05, 3.63) is 65.2 Å². The molecule has 0 aliphatic heterocycles. The van der Waals surface area contributed by atoms with E-state index in [9.17, 15) is 23.5 Å². The summed E-state index contributed by atoms with van der Waals surface area (Å²) in [4.78, 5) is 23.5. The predicted octanol–water partition coefficient (Wildman–Crippen LogP) is 2.40. The Hall–Kier alpha value is -2.96. The molecule has 2 aromatic rings. The summed E-state index contributed by atoms with van der Waals surface area (Å²) in [6.07, 6.45) is -0.0191. The van der Waals surface area contributed by atoms with Gasteiger partial charge in [-0.2, -0.15) is 0 Å². The lowest BCUT2D eigenvalue weighted by Crippen LogP contribution is -2.42. The molecule has 1 amide bonds. The van der Waals surface area contributed by atoms with Crippen LogP contribution < -0.4 is 10.1 Å². The first-order valence-corrected chi connectivity index (χ1v) is 7.03. The number of halogens is 2. The molecule has 2 N–H and O–H groups in total. The fourth-order valence-electron chi connectivity index (χ4n) is 2.17. The van der Waals surface area contributed by atoms with Crippen molar-refractivity contribution < 1.29 is 28.2 Å². The third kappa shape index (κ3) is 4.07. The smallest absolute Gasteiger partial charge is 0.326 e. The van der Waals surface area contributed by atoms with Crippen molar-refractivity contribution in [2.45, 2.75) is 12.5 Å². The first-order chi connectivity index (χ1) is 11.4. The molecule has 0 heterocycles. The average Bonchev–Trinajstić information content (AvgIpc) is 2.56. The van der Waals surface area contributed by atoms with E-state index in [1.165, 1.54) is 7.11 Å². The van der Waals surface area contributed by atoms with Crippen molar-refractivity contribution in [3.8, 4) is 5.75 Å². The maximum absolute atomic E-state index is 13.2. The monoisotopic (exact) mass is 335 g/mol. The van der Waals surface area contributed by atoms with E-state index >= 15 is 0 Å². The van der Waals surface area contributed by atoms with Gasteiger partial charge in [0.25, 0.3) is 5.91 Å². The highest BCUT2D eigenvalue weighted by Crippen LogP contribution is 2.19. The number of para-hydroxylation sites is 1. The molecule has 7 heteroatoms. The summed E-state index contributed by atoms with van der Waals surface area (Å²) in [7, 11) is 1.45. The number of carbonyl (C=O) groups excluding carboxylic acids is 1. The van der Waals surface area contributed by atoms with Crippen LogP contribution in [-0.4, -0.2) is 30.1 Å². The van der Waals surface area contributed by atoms with Gasteiger partial charge in [0, 0.05) is 12.0 Å². The topological polar surface area (TPSA) is 75.6 Å². The zero-order chi connectivity index (χ0) is 17.7. The Morgan fingerprint density at radius 2 is 1.88 bits per heavy atom. The van der Waals surface area contributed by atoms with Gasteiger partial charge in [-0.15, -0.1) is 0 Å². The molecule has 0 radical (unpaired) electrons. The second kappa shape index (κ2) is 7.54. The molecule has 0 saturated heterocycles. The molecule has 5 nitrogen and oxygen atoms in total. The lowest BCUT2D eigenvalue weighted by atomic mass is 10.0. The SMILES string of the molecule is COc1ccccc1C[C@@H](NC(=O)c1ccc(F)c(F)c1)C(=O)O. The van der Waals surface area contributed by atoms with Crippen molar-refractivity contribution >= 4 is 11.9 Å². The van der Waals surface area contributed by atoms with Crippen LogP contribution in [0.5, 0.6) is 5.75 Å². The molecule has 0 aromatic heterocycles. The zero-order valence-corrected chi connectivity index (χ0v) is 12.8. The molecule has 1 atom stereocenters. The van der Waals surface area contributed by atoms with Crippen molar-refractivity contribution in [3.63, 3.8) is 0 Å². The Kier molecular flexibility index (Phi) is 5.47. The largest absolute Gasteiger partial charge is 0.496 e. The number of nitrogens with one attached hydrogen (secondary N) is 1. The molecule has 0 bridgehead atoms. The standard InChI is InChI=1S/C17H15F2NO4/c1-24-15-5-3-2-4-10(15)9-14(17(22)23)20-16(21)11-6-7-12(18)13(19)8-11/h2-8,14H,9H2,1H3,(H,20,21)(H,22,23)/t14-/m1/s1. The van der Waals surface area contributed by atoms with Crippen molar-refractivity contribution in [1.82, 2.24) is 5.32 Å². The van der Waals surface area contributed by atoms with E-state index in [2.05, 4.69) is 5.32 Å². The van der Waals surface area contributed by atoms with Crippen molar-refractivity contribution in [2.24, 2.45) is 0 Å². The van der Waals surface area contributed by atoms with E-state index in [0.29, 0.717) is 17.4 Å². The third-order valence-electron chi connectivity index (χ3n) is 3.40. The van der Waals surface area contributed by atoms with E-state index in [1.807, 2.05) is 0 Å². The first-order valence-electron chi connectivity index (χ1n) is 7.03. The minimum Gasteiger partial charge on any atom is -0.496 e. The number of ether oxygens (including phenoxy) is 1. The Bertz CT molecular complexity index is 764. The van der Waals surface area contributed by atoms with Crippen LogP contribution in [0.25, 0.3) is 0 Å². The van der Waals surface area contributed by atoms with Gasteiger partial charge in [-0.25, -0.2) is 13.6 Å². The lowest BCUT2D eigenvalue weighted by molar-refractivity contribution is -0.139. The molecule has 0 aliphatic rings. The van der Waals surface area contributed by atoms with Gasteiger partial charge < -0.3 is 15.2 Å². The minimum atomic E-state index is -1.25. The van der Waals surface area contributed by atoms with Gasteiger partial charge in [-0.05, 0) is 29.8 Å². The number of rotatable bonds is 6. The van der Waals surface area contributed by atoms with Crippen LogP contribution >= 0.6 is 0 Å². The molecule has 0 fully saturated rings. The van der Waals surface area contributed by atoms with Crippen LogP contribution in [0.4, 0.5) is 8.78 Å². The Morgan fingerprint density at radius 1 is 1.17 bits per heavy atom. The predicted molar refractivity (Wildman–Crippen MR) is 81.9 cm³/mol. The summed E-state index contributed by atoms with van der Waals surface area (Å²) < 4.78 is 31.2.